The summed E-state index contributed by atoms with van der Waals surface area (Å²) in [5.74, 6) is 6.14. The topological polar surface area (TPSA) is 72.9 Å². The van der Waals surface area contributed by atoms with Gasteiger partial charge in [-0.05, 0) is 37.3 Å². The molecule has 106 valence electrons. The Morgan fingerprint density at radius 2 is 1.90 bits per heavy atom. The Kier molecular flexibility index (Phi) is 3.39. The van der Waals surface area contributed by atoms with E-state index in [1.165, 1.54) is 0 Å². The van der Waals surface area contributed by atoms with Crippen LogP contribution in [0.3, 0.4) is 0 Å². The van der Waals surface area contributed by atoms with E-state index >= 15 is 0 Å². The molecule has 21 heavy (non-hydrogen) atoms. The van der Waals surface area contributed by atoms with Crippen molar-refractivity contribution in [2.75, 3.05) is 11.2 Å². The van der Waals surface area contributed by atoms with Crippen LogP contribution in [-0.4, -0.2) is 9.66 Å². The molecule has 0 radical (unpaired) electrons. The van der Waals surface area contributed by atoms with E-state index in [0.717, 1.165) is 20.4 Å². The summed E-state index contributed by atoms with van der Waals surface area (Å²) in [7, 11) is 0. The third-order valence-electron chi connectivity index (χ3n) is 3.17. The average molecular weight is 345 g/mol. The summed E-state index contributed by atoms with van der Waals surface area (Å²) in [6.07, 6.45) is 0. The van der Waals surface area contributed by atoms with Crippen LogP contribution >= 0.6 is 15.9 Å². The van der Waals surface area contributed by atoms with E-state index in [1.807, 2.05) is 37.3 Å². The summed E-state index contributed by atoms with van der Waals surface area (Å²) in [5, 5.41) is 3.54. The van der Waals surface area contributed by atoms with Gasteiger partial charge in [-0.25, -0.2) is 4.98 Å². The lowest BCUT2D eigenvalue weighted by atomic mass is 10.2. The summed E-state index contributed by atoms with van der Waals surface area (Å²) in [6, 6.07) is 13.1. The quantitative estimate of drug-likeness (QED) is 0.701. The molecule has 0 aliphatic heterocycles. The van der Waals surface area contributed by atoms with Gasteiger partial charge < -0.3 is 11.2 Å². The normalized spacial score (nSPS) is 10.8. The minimum Gasteiger partial charge on any atom is -0.333 e. The molecule has 0 aliphatic rings. The largest absolute Gasteiger partial charge is 0.333 e. The average Bonchev–Trinajstić information content (AvgIpc) is 2.47. The van der Waals surface area contributed by atoms with Gasteiger partial charge in [0.15, 0.2) is 0 Å². The predicted octanol–water partition coefficient (Wildman–Crippen LogP) is 2.92. The minimum absolute atomic E-state index is 0.295. The van der Waals surface area contributed by atoms with Crippen LogP contribution in [-0.2, 0) is 0 Å². The highest BCUT2D eigenvalue weighted by Gasteiger charge is 2.09. The fraction of sp³-hybridized carbons (Fsp3) is 0.0667. The lowest BCUT2D eigenvalue weighted by molar-refractivity contribution is 0.926. The molecule has 3 aromatic rings. The molecule has 0 saturated heterocycles. The number of fused-ring (bicyclic) bond motifs is 1. The van der Waals surface area contributed by atoms with Gasteiger partial charge >= 0.3 is 0 Å². The molecule has 5 nitrogen and oxygen atoms in total. The molecule has 0 amide bonds. The highest BCUT2D eigenvalue weighted by Crippen LogP contribution is 2.18. The Balaban J connectivity index is 2.11. The van der Waals surface area contributed by atoms with Crippen molar-refractivity contribution in [3.8, 4) is 0 Å². The van der Waals surface area contributed by atoms with Gasteiger partial charge in [0.2, 0.25) is 5.95 Å². The molecule has 1 heterocycles. The summed E-state index contributed by atoms with van der Waals surface area (Å²) >= 11 is 3.34. The lowest BCUT2D eigenvalue weighted by Crippen LogP contribution is -2.30. The van der Waals surface area contributed by atoms with Crippen LogP contribution in [0.1, 0.15) is 5.56 Å². The first kappa shape index (κ1) is 13.6. The smallest absolute Gasteiger partial charge is 0.281 e. The number of hydrogen-bond acceptors (Lipinski definition) is 4. The lowest BCUT2D eigenvalue weighted by Gasteiger charge is -2.11. The highest BCUT2D eigenvalue weighted by molar-refractivity contribution is 9.10. The molecule has 0 bridgehead atoms. The first-order valence-corrected chi connectivity index (χ1v) is 7.15. The second-order valence-electron chi connectivity index (χ2n) is 4.76. The number of nitrogens with zero attached hydrogens (tertiary/aromatic N) is 2. The summed E-state index contributed by atoms with van der Waals surface area (Å²) in [4.78, 5) is 16.7. The van der Waals surface area contributed by atoms with E-state index in [4.69, 9.17) is 5.84 Å². The number of anilines is 2. The van der Waals surface area contributed by atoms with Gasteiger partial charge in [-0.1, -0.05) is 33.6 Å². The Bertz CT molecular complexity index is 871. The maximum absolute atomic E-state index is 12.3. The van der Waals surface area contributed by atoms with E-state index in [1.54, 1.807) is 12.1 Å². The van der Waals surface area contributed by atoms with Gasteiger partial charge in [-0.2, -0.15) is 4.68 Å². The number of nitrogens with one attached hydrogen (secondary N) is 1. The summed E-state index contributed by atoms with van der Waals surface area (Å²) in [5.41, 5.74) is 2.28. The first-order chi connectivity index (χ1) is 10.0. The summed E-state index contributed by atoms with van der Waals surface area (Å²) < 4.78 is 1.84. The van der Waals surface area contributed by atoms with Gasteiger partial charge in [0.25, 0.3) is 5.56 Å². The fourth-order valence-electron chi connectivity index (χ4n) is 2.03. The second kappa shape index (κ2) is 5.21. The molecule has 0 spiro atoms. The second-order valence-corrected chi connectivity index (χ2v) is 5.68. The van der Waals surface area contributed by atoms with Gasteiger partial charge in [0.05, 0.1) is 10.9 Å². The number of halogens is 1. The van der Waals surface area contributed by atoms with Crippen molar-refractivity contribution in [3.05, 3.63) is 62.9 Å². The molecule has 0 saturated carbocycles. The summed E-state index contributed by atoms with van der Waals surface area (Å²) in [6.45, 7) is 2.01. The van der Waals surface area contributed by atoms with E-state index in [2.05, 4.69) is 26.2 Å². The van der Waals surface area contributed by atoms with Crippen molar-refractivity contribution in [2.45, 2.75) is 6.92 Å². The third-order valence-corrected chi connectivity index (χ3v) is 3.66. The van der Waals surface area contributed by atoms with Crippen molar-refractivity contribution in [1.82, 2.24) is 9.66 Å². The molecular formula is C15H13BrN4O. The molecule has 0 unspecified atom stereocenters. The van der Waals surface area contributed by atoms with Crippen LogP contribution in [0.5, 0.6) is 0 Å². The maximum Gasteiger partial charge on any atom is 0.281 e. The number of hydrogen-bond donors (Lipinski definition) is 2. The van der Waals surface area contributed by atoms with Gasteiger partial charge in [0, 0.05) is 10.2 Å². The zero-order valence-electron chi connectivity index (χ0n) is 11.3. The van der Waals surface area contributed by atoms with Crippen LogP contribution in [0, 0.1) is 6.92 Å². The Labute approximate surface area is 129 Å². The predicted molar refractivity (Wildman–Crippen MR) is 88.3 cm³/mol. The van der Waals surface area contributed by atoms with Crippen LogP contribution in [0.25, 0.3) is 10.9 Å². The molecule has 2 aromatic carbocycles. The van der Waals surface area contributed by atoms with Crippen LogP contribution in [0.4, 0.5) is 11.6 Å². The van der Waals surface area contributed by atoms with Crippen molar-refractivity contribution in [2.24, 2.45) is 0 Å². The third kappa shape index (κ3) is 2.62. The molecule has 3 rings (SSSR count). The molecule has 1 aromatic heterocycles. The molecule has 6 heteroatoms. The number of nitrogens with two attached hydrogens (primary N) is 1. The van der Waals surface area contributed by atoms with E-state index in [0.29, 0.717) is 16.9 Å². The van der Waals surface area contributed by atoms with Crippen molar-refractivity contribution < 1.29 is 0 Å². The van der Waals surface area contributed by atoms with Crippen molar-refractivity contribution in [1.29, 1.82) is 0 Å². The highest BCUT2D eigenvalue weighted by atomic mass is 79.9. The minimum atomic E-state index is -0.295. The molecule has 0 aliphatic carbocycles. The standard InChI is InChI=1S/C15H13BrN4O/c1-9-2-5-11(6-3-9)18-15-19-13-7-4-10(16)8-12(13)14(21)20(15)17/h2-8H,17H2,1H3,(H,18,19). The SMILES string of the molecule is Cc1ccc(Nc2nc3ccc(Br)cc3c(=O)n2N)cc1. The van der Waals surface area contributed by atoms with Gasteiger partial charge in [-0.3, -0.25) is 4.79 Å². The zero-order chi connectivity index (χ0) is 15.0. The molecule has 0 fully saturated rings. The van der Waals surface area contributed by atoms with E-state index in [9.17, 15) is 4.79 Å². The van der Waals surface area contributed by atoms with Crippen molar-refractivity contribution in [3.63, 3.8) is 0 Å². The first-order valence-electron chi connectivity index (χ1n) is 6.36. The molecule has 0 atom stereocenters. The van der Waals surface area contributed by atoms with Crippen molar-refractivity contribution >= 4 is 38.5 Å². The number of aryl methyl sites for hydroxylation is 1. The number of nitrogen functional groups attached to an aromatic ring is 1. The monoisotopic (exact) mass is 344 g/mol. The molecule has 3 N–H and O–H groups in total. The zero-order valence-corrected chi connectivity index (χ0v) is 12.9. The Morgan fingerprint density at radius 3 is 2.62 bits per heavy atom. The Hall–Kier alpha value is -2.34. The van der Waals surface area contributed by atoms with Crippen LogP contribution < -0.4 is 16.7 Å². The van der Waals surface area contributed by atoms with Gasteiger partial charge in [-0.15, -0.1) is 0 Å². The Morgan fingerprint density at radius 1 is 1.19 bits per heavy atom. The van der Waals surface area contributed by atoms with Crippen LogP contribution in [0.2, 0.25) is 0 Å². The number of aromatic nitrogens is 2. The maximum atomic E-state index is 12.3. The van der Waals surface area contributed by atoms with E-state index in [-0.39, 0.29) is 5.56 Å². The van der Waals surface area contributed by atoms with E-state index < -0.39 is 0 Å². The van der Waals surface area contributed by atoms with Gasteiger partial charge in [0.1, 0.15) is 0 Å². The fourth-order valence-corrected chi connectivity index (χ4v) is 2.39. The molecular weight excluding hydrogens is 332 g/mol. The number of rotatable bonds is 2. The number of benzene rings is 2. The van der Waals surface area contributed by atoms with Crippen LogP contribution in [0.15, 0.2) is 51.7 Å².